The summed E-state index contributed by atoms with van der Waals surface area (Å²) in [4.78, 5) is 32.7. The number of piperidine rings is 1. The number of aryl methyl sites for hydroxylation is 2. The third-order valence-electron chi connectivity index (χ3n) is 3.89. The van der Waals surface area contributed by atoms with Crippen LogP contribution in [0.15, 0.2) is 11.0 Å². The van der Waals surface area contributed by atoms with Crippen LogP contribution >= 0.6 is 11.3 Å². The van der Waals surface area contributed by atoms with E-state index in [4.69, 9.17) is 0 Å². The van der Waals surface area contributed by atoms with Crippen LogP contribution in [-0.4, -0.2) is 33.3 Å². The average molecular weight is 291 g/mol. The predicted molar refractivity (Wildman–Crippen MR) is 78.6 cm³/mol. The second kappa shape index (κ2) is 5.01. The maximum absolute atomic E-state index is 12.5. The standard InChI is InChI=1S/C14H17N3O2S/c1-9-10(2)20-14-15-8-11(13(19)17(9)14)12(18)16-6-4-3-5-7-16/h8H,3-7H2,1-2H3. The smallest absolute Gasteiger partial charge is 0.271 e. The molecular weight excluding hydrogens is 274 g/mol. The number of hydrogen-bond donors (Lipinski definition) is 0. The van der Waals surface area contributed by atoms with E-state index in [1.54, 1.807) is 9.30 Å². The zero-order chi connectivity index (χ0) is 14.3. The average Bonchev–Trinajstić information content (AvgIpc) is 2.75. The summed E-state index contributed by atoms with van der Waals surface area (Å²) in [5, 5.41) is 0. The topological polar surface area (TPSA) is 54.7 Å². The first-order valence-corrected chi connectivity index (χ1v) is 7.68. The van der Waals surface area contributed by atoms with Gasteiger partial charge in [-0.1, -0.05) is 0 Å². The van der Waals surface area contributed by atoms with Crippen LogP contribution in [0.1, 0.15) is 40.2 Å². The lowest BCUT2D eigenvalue weighted by molar-refractivity contribution is 0.0722. The number of carbonyl (C=O) groups excluding carboxylic acids is 1. The third kappa shape index (κ3) is 2.04. The van der Waals surface area contributed by atoms with Gasteiger partial charge in [0.15, 0.2) is 4.96 Å². The molecule has 20 heavy (non-hydrogen) atoms. The maximum Gasteiger partial charge on any atom is 0.271 e. The molecule has 3 heterocycles. The Balaban J connectivity index is 2.08. The van der Waals surface area contributed by atoms with Crippen molar-refractivity contribution in [2.75, 3.05) is 13.1 Å². The van der Waals surface area contributed by atoms with Crippen molar-refractivity contribution in [2.24, 2.45) is 0 Å². The minimum absolute atomic E-state index is 0.181. The monoisotopic (exact) mass is 291 g/mol. The molecule has 0 aromatic carbocycles. The molecule has 106 valence electrons. The van der Waals surface area contributed by atoms with Crippen LogP contribution in [0.2, 0.25) is 0 Å². The van der Waals surface area contributed by atoms with Crippen molar-refractivity contribution < 1.29 is 4.79 Å². The number of nitrogens with zero attached hydrogens (tertiary/aromatic N) is 3. The highest BCUT2D eigenvalue weighted by atomic mass is 32.1. The van der Waals surface area contributed by atoms with E-state index in [1.165, 1.54) is 17.5 Å². The van der Waals surface area contributed by atoms with Crippen LogP contribution in [0.5, 0.6) is 0 Å². The summed E-state index contributed by atoms with van der Waals surface area (Å²) in [5.74, 6) is -0.181. The van der Waals surface area contributed by atoms with Gasteiger partial charge in [0, 0.05) is 29.9 Å². The molecule has 2 aromatic heterocycles. The highest BCUT2D eigenvalue weighted by Crippen LogP contribution is 2.19. The van der Waals surface area contributed by atoms with Crippen molar-refractivity contribution in [1.82, 2.24) is 14.3 Å². The number of thiazole rings is 1. The van der Waals surface area contributed by atoms with Gasteiger partial charge in [0.2, 0.25) is 0 Å². The van der Waals surface area contributed by atoms with E-state index in [2.05, 4.69) is 4.98 Å². The number of rotatable bonds is 1. The molecule has 0 aliphatic carbocycles. The zero-order valence-electron chi connectivity index (χ0n) is 11.7. The van der Waals surface area contributed by atoms with Gasteiger partial charge in [-0.2, -0.15) is 0 Å². The van der Waals surface area contributed by atoms with E-state index >= 15 is 0 Å². The quantitative estimate of drug-likeness (QED) is 0.807. The Hall–Kier alpha value is -1.69. The van der Waals surface area contributed by atoms with Crippen LogP contribution in [0.3, 0.4) is 0 Å². The molecule has 1 aliphatic rings. The van der Waals surface area contributed by atoms with Crippen molar-refractivity contribution in [3.05, 3.63) is 32.7 Å². The molecule has 0 spiro atoms. The lowest BCUT2D eigenvalue weighted by Crippen LogP contribution is -2.39. The molecule has 0 N–H and O–H groups in total. The van der Waals surface area contributed by atoms with Gasteiger partial charge in [-0.3, -0.25) is 14.0 Å². The van der Waals surface area contributed by atoms with Crippen LogP contribution < -0.4 is 5.56 Å². The van der Waals surface area contributed by atoms with E-state index in [-0.39, 0.29) is 17.0 Å². The molecular formula is C14H17N3O2S. The molecule has 5 nitrogen and oxygen atoms in total. The number of hydrogen-bond acceptors (Lipinski definition) is 4. The van der Waals surface area contributed by atoms with Crippen molar-refractivity contribution in [3.8, 4) is 0 Å². The first-order chi connectivity index (χ1) is 9.59. The van der Waals surface area contributed by atoms with Crippen LogP contribution in [0.25, 0.3) is 4.96 Å². The number of likely N-dealkylation sites (tertiary alicyclic amines) is 1. The molecule has 3 rings (SSSR count). The highest BCUT2D eigenvalue weighted by Gasteiger charge is 2.22. The van der Waals surface area contributed by atoms with Gasteiger partial charge < -0.3 is 4.90 Å². The second-order valence-corrected chi connectivity index (χ2v) is 6.37. The Morgan fingerprint density at radius 3 is 2.65 bits per heavy atom. The maximum atomic E-state index is 12.5. The number of aromatic nitrogens is 2. The molecule has 6 heteroatoms. The van der Waals surface area contributed by atoms with Crippen LogP contribution in [0.4, 0.5) is 0 Å². The van der Waals surface area contributed by atoms with Gasteiger partial charge >= 0.3 is 0 Å². The Bertz CT molecular complexity index is 726. The molecule has 1 fully saturated rings. The van der Waals surface area contributed by atoms with E-state index in [1.807, 2.05) is 13.8 Å². The first kappa shape index (κ1) is 13.3. The summed E-state index contributed by atoms with van der Waals surface area (Å²) < 4.78 is 1.55. The van der Waals surface area contributed by atoms with E-state index < -0.39 is 0 Å². The Morgan fingerprint density at radius 2 is 1.95 bits per heavy atom. The van der Waals surface area contributed by atoms with Crippen LogP contribution in [-0.2, 0) is 0 Å². The summed E-state index contributed by atoms with van der Waals surface area (Å²) in [5.41, 5.74) is 0.813. The molecule has 1 amide bonds. The van der Waals surface area contributed by atoms with Crippen molar-refractivity contribution >= 4 is 22.2 Å². The van der Waals surface area contributed by atoms with E-state index in [0.29, 0.717) is 4.96 Å². The molecule has 2 aromatic rings. The van der Waals surface area contributed by atoms with Crippen LogP contribution in [0, 0.1) is 13.8 Å². The summed E-state index contributed by atoms with van der Waals surface area (Å²) >= 11 is 1.48. The molecule has 0 bridgehead atoms. The fourth-order valence-electron chi connectivity index (χ4n) is 2.59. The molecule has 1 saturated heterocycles. The molecule has 1 aliphatic heterocycles. The van der Waals surface area contributed by atoms with Gasteiger partial charge in [0.25, 0.3) is 11.5 Å². The Morgan fingerprint density at radius 1 is 1.25 bits per heavy atom. The van der Waals surface area contributed by atoms with E-state index in [9.17, 15) is 9.59 Å². The summed E-state index contributed by atoms with van der Waals surface area (Å²) in [7, 11) is 0. The molecule has 0 atom stereocenters. The van der Waals surface area contributed by atoms with Crippen molar-refractivity contribution in [2.45, 2.75) is 33.1 Å². The van der Waals surface area contributed by atoms with Gasteiger partial charge in [0.1, 0.15) is 5.56 Å². The van der Waals surface area contributed by atoms with Gasteiger partial charge in [0.05, 0.1) is 0 Å². The zero-order valence-corrected chi connectivity index (χ0v) is 12.5. The fraction of sp³-hybridized carbons (Fsp3) is 0.500. The third-order valence-corrected chi connectivity index (χ3v) is 4.96. The Kier molecular flexibility index (Phi) is 3.33. The first-order valence-electron chi connectivity index (χ1n) is 6.86. The molecule has 0 saturated carbocycles. The largest absolute Gasteiger partial charge is 0.338 e. The van der Waals surface area contributed by atoms with E-state index in [0.717, 1.165) is 42.9 Å². The lowest BCUT2D eigenvalue weighted by Gasteiger charge is -2.26. The SMILES string of the molecule is Cc1sc2ncc(C(=O)N3CCCCC3)c(=O)n2c1C. The Labute approximate surface area is 120 Å². The molecule has 0 unspecified atom stereocenters. The normalized spacial score (nSPS) is 15.8. The van der Waals surface area contributed by atoms with Gasteiger partial charge in [-0.05, 0) is 33.1 Å². The summed E-state index contributed by atoms with van der Waals surface area (Å²) in [6.07, 6.45) is 4.62. The number of fused-ring (bicyclic) bond motifs is 1. The minimum atomic E-state index is -0.243. The summed E-state index contributed by atoms with van der Waals surface area (Å²) in [6, 6.07) is 0. The minimum Gasteiger partial charge on any atom is -0.338 e. The lowest BCUT2D eigenvalue weighted by atomic mass is 10.1. The number of amides is 1. The number of carbonyl (C=O) groups is 1. The second-order valence-electron chi connectivity index (χ2n) is 5.19. The summed E-state index contributed by atoms with van der Waals surface area (Å²) in [6.45, 7) is 5.32. The predicted octanol–water partition coefficient (Wildman–Crippen LogP) is 2.00. The van der Waals surface area contributed by atoms with Crippen molar-refractivity contribution in [1.29, 1.82) is 0 Å². The van der Waals surface area contributed by atoms with Gasteiger partial charge in [-0.15, -0.1) is 11.3 Å². The van der Waals surface area contributed by atoms with Crippen molar-refractivity contribution in [3.63, 3.8) is 0 Å². The highest BCUT2D eigenvalue weighted by molar-refractivity contribution is 7.17. The molecule has 0 radical (unpaired) electrons. The van der Waals surface area contributed by atoms with Gasteiger partial charge in [-0.25, -0.2) is 4.98 Å². The fourth-order valence-corrected chi connectivity index (χ4v) is 3.52.